The maximum Gasteiger partial charge on any atom is 0.347 e. The number of carbonyl (C=O) groups excluding carboxylic acids is 1. The summed E-state index contributed by atoms with van der Waals surface area (Å²) in [5.41, 5.74) is 7.36. The van der Waals surface area contributed by atoms with Crippen molar-refractivity contribution in [3.05, 3.63) is 29.4 Å². The minimum absolute atomic E-state index is 0.331. The van der Waals surface area contributed by atoms with E-state index >= 15 is 0 Å². The molecule has 0 aliphatic carbocycles. The highest BCUT2D eigenvalue weighted by Gasteiger charge is 2.10. The first-order valence-corrected chi connectivity index (χ1v) is 4.84. The Morgan fingerprint density at radius 2 is 2.33 bits per heavy atom. The van der Waals surface area contributed by atoms with Gasteiger partial charge in [0.1, 0.15) is 5.82 Å². The van der Waals surface area contributed by atoms with Crippen molar-refractivity contribution < 1.29 is 4.79 Å². The van der Waals surface area contributed by atoms with E-state index in [0.29, 0.717) is 5.82 Å². The molecule has 5 heteroatoms. The van der Waals surface area contributed by atoms with Crippen LogP contribution in [0.1, 0.15) is 24.6 Å². The molecule has 1 aromatic rings. The molecule has 0 aromatic carbocycles. The summed E-state index contributed by atoms with van der Waals surface area (Å²) in [5, 5.41) is 6.50. The lowest BCUT2D eigenvalue weighted by Crippen LogP contribution is -2.32. The Balaban J connectivity index is 2.78. The molecule has 0 saturated carbocycles. The predicted molar refractivity (Wildman–Crippen MR) is 58.2 cm³/mol. The van der Waals surface area contributed by atoms with E-state index in [9.17, 15) is 4.79 Å². The maximum atomic E-state index is 11.6. The van der Waals surface area contributed by atoms with Crippen LogP contribution < -0.4 is 11.1 Å². The van der Waals surface area contributed by atoms with Crippen LogP contribution in [0.5, 0.6) is 0 Å². The molecule has 0 saturated heterocycles. The highest BCUT2D eigenvalue weighted by molar-refractivity contribution is 5.78. The van der Waals surface area contributed by atoms with Crippen LogP contribution in [0.15, 0.2) is 18.1 Å². The van der Waals surface area contributed by atoms with E-state index in [0.717, 1.165) is 17.7 Å². The number of amides is 1. The quantitative estimate of drug-likeness (QED) is 0.768. The van der Waals surface area contributed by atoms with Gasteiger partial charge in [0, 0.05) is 5.69 Å². The zero-order valence-corrected chi connectivity index (χ0v) is 9.24. The van der Waals surface area contributed by atoms with E-state index in [4.69, 9.17) is 5.73 Å². The van der Waals surface area contributed by atoms with Crippen LogP contribution in [-0.4, -0.2) is 15.8 Å². The van der Waals surface area contributed by atoms with Crippen molar-refractivity contribution >= 4 is 6.03 Å². The van der Waals surface area contributed by atoms with Gasteiger partial charge in [0.15, 0.2) is 0 Å². The fraction of sp³-hybridized carbons (Fsp3) is 0.400. The average Bonchev–Trinajstić information content (AvgIpc) is 2.48. The van der Waals surface area contributed by atoms with Crippen LogP contribution in [0.2, 0.25) is 0 Å². The lowest BCUT2D eigenvalue weighted by Gasteiger charge is -2.06. The molecule has 5 nitrogen and oxygen atoms in total. The van der Waals surface area contributed by atoms with Gasteiger partial charge < -0.3 is 5.73 Å². The number of aryl methyl sites for hydroxylation is 1. The Bertz CT molecular complexity index is 392. The van der Waals surface area contributed by atoms with Crippen molar-refractivity contribution in [2.24, 2.45) is 5.73 Å². The topological polar surface area (TPSA) is 72.9 Å². The molecule has 1 amide bonds. The summed E-state index contributed by atoms with van der Waals surface area (Å²) in [6.07, 6.45) is 4.17. The first-order valence-electron chi connectivity index (χ1n) is 4.84. The van der Waals surface area contributed by atoms with Crippen LogP contribution in [0.25, 0.3) is 0 Å². The molecular weight excluding hydrogens is 192 g/mol. The molecule has 0 atom stereocenters. The van der Waals surface area contributed by atoms with Crippen LogP contribution in [0.3, 0.4) is 0 Å². The van der Waals surface area contributed by atoms with E-state index in [-0.39, 0.29) is 6.03 Å². The molecule has 1 heterocycles. The summed E-state index contributed by atoms with van der Waals surface area (Å²) in [7, 11) is 0. The maximum absolute atomic E-state index is 11.6. The fourth-order valence-corrected chi connectivity index (χ4v) is 1.14. The van der Waals surface area contributed by atoms with E-state index in [1.165, 1.54) is 4.68 Å². The number of rotatable bonds is 2. The van der Waals surface area contributed by atoms with Gasteiger partial charge in [-0.2, -0.15) is 9.78 Å². The molecular formula is C10H16N4O. The van der Waals surface area contributed by atoms with E-state index < -0.39 is 0 Å². The van der Waals surface area contributed by atoms with Crippen LogP contribution >= 0.6 is 0 Å². The molecule has 0 unspecified atom stereocenters. The Morgan fingerprint density at radius 3 is 2.80 bits per heavy atom. The number of hydrogen-bond acceptors (Lipinski definition) is 3. The molecule has 0 fully saturated rings. The van der Waals surface area contributed by atoms with Crippen LogP contribution in [0.4, 0.5) is 4.79 Å². The zero-order chi connectivity index (χ0) is 11.4. The predicted octanol–water partition coefficient (Wildman–Crippen LogP) is 1.27. The monoisotopic (exact) mass is 208 g/mol. The van der Waals surface area contributed by atoms with E-state index in [2.05, 4.69) is 10.4 Å². The SMILES string of the molecule is CC/C=C(\N)NC(=O)n1ncc(C)c1C. The second kappa shape index (κ2) is 4.63. The van der Waals surface area contributed by atoms with Gasteiger partial charge in [0.25, 0.3) is 0 Å². The summed E-state index contributed by atoms with van der Waals surface area (Å²) in [6, 6.07) is -0.331. The summed E-state index contributed by atoms with van der Waals surface area (Å²) < 4.78 is 1.30. The average molecular weight is 208 g/mol. The number of allylic oxidation sites excluding steroid dienone is 1. The van der Waals surface area contributed by atoms with Gasteiger partial charge in [-0.25, -0.2) is 4.79 Å². The van der Waals surface area contributed by atoms with Crippen molar-refractivity contribution in [1.82, 2.24) is 15.1 Å². The van der Waals surface area contributed by atoms with Gasteiger partial charge in [0.05, 0.1) is 6.20 Å². The van der Waals surface area contributed by atoms with Crippen molar-refractivity contribution in [3.63, 3.8) is 0 Å². The minimum atomic E-state index is -0.331. The highest BCUT2D eigenvalue weighted by atomic mass is 16.2. The van der Waals surface area contributed by atoms with Gasteiger partial charge in [-0.15, -0.1) is 0 Å². The van der Waals surface area contributed by atoms with Crippen LogP contribution in [-0.2, 0) is 0 Å². The number of hydrogen-bond donors (Lipinski definition) is 2. The molecule has 1 aromatic heterocycles. The number of nitrogens with one attached hydrogen (secondary N) is 1. The van der Waals surface area contributed by atoms with Gasteiger partial charge >= 0.3 is 6.03 Å². The number of nitrogens with zero attached hydrogens (tertiary/aromatic N) is 2. The lowest BCUT2D eigenvalue weighted by molar-refractivity contribution is 0.241. The number of nitrogens with two attached hydrogens (primary N) is 1. The van der Waals surface area contributed by atoms with Crippen molar-refractivity contribution in [3.8, 4) is 0 Å². The Morgan fingerprint density at radius 1 is 1.67 bits per heavy atom. The molecule has 15 heavy (non-hydrogen) atoms. The summed E-state index contributed by atoms with van der Waals surface area (Å²) >= 11 is 0. The third kappa shape index (κ3) is 2.59. The first kappa shape index (κ1) is 11.3. The third-order valence-corrected chi connectivity index (χ3v) is 2.12. The molecule has 1 rings (SSSR count). The minimum Gasteiger partial charge on any atom is -0.385 e. The lowest BCUT2D eigenvalue weighted by atomic mass is 10.3. The highest BCUT2D eigenvalue weighted by Crippen LogP contribution is 2.04. The molecule has 0 aliphatic heterocycles. The molecule has 0 spiro atoms. The smallest absolute Gasteiger partial charge is 0.347 e. The Hall–Kier alpha value is -1.78. The molecule has 0 aliphatic rings. The molecule has 82 valence electrons. The molecule has 0 radical (unpaired) electrons. The first-order chi connectivity index (χ1) is 7.06. The molecule has 3 N–H and O–H groups in total. The van der Waals surface area contributed by atoms with Gasteiger partial charge in [0.2, 0.25) is 0 Å². The van der Waals surface area contributed by atoms with Gasteiger partial charge in [-0.05, 0) is 31.9 Å². The van der Waals surface area contributed by atoms with Crippen molar-refractivity contribution in [1.29, 1.82) is 0 Å². The third-order valence-electron chi connectivity index (χ3n) is 2.12. The van der Waals surface area contributed by atoms with Gasteiger partial charge in [-0.3, -0.25) is 5.32 Å². The number of aromatic nitrogens is 2. The zero-order valence-electron chi connectivity index (χ0n) is 9.24. The molecule has 0 bridgehead atoms. The fourth-order valence-electron chi connectivity index (χ4n) is 1.14. The summed E-state index contributed by atoms with van der Waals surface area (Å²) in [4.78, 5) is 11.6. The normalized spacial score (nSPS) is 11.5. The van der Waals surface area contributed by atoms with Crippen molar-refractivity contribution in [2.45, 2.75) is 27.2 Å². The van der Waals surface area contributed by atoms with Gasteiger partial charge in [-0.1, -0.05) is 6.92 Å². The standard InChI is InChI=1S/C10H16N4O/c1-4-5-9(11)13-10(15)14-8(3)7(2)6-12-14/h5-6H,4,11H2,1-3H3,(H,13,15)/b9-5+. The second-order valence-electron chi connectivity index (χ2n) is 3.32. The van der Waals surface area contributed by atoms with Crippen LogP contribution in [0, 0.1) is 13.8 Å². The largest absolute Gasteiger partial charge is 0.385 e. The Labute approximate surface area is 89.0 Å². The van der Waals surface area contributed by atoms with E-state index in [1.807, 2.05) is 20.8 Å². The summed E-state index contributed by atoms with van der Waals surface area (Å²) in [5.74, 6) is 0.357. The van der Waals surface area contributed by atoms with E-state index in [1.54, 1.807) is 12.3 Å². The summed E-state index contributed by atoms with van der Waals surface area (Å²) in [6.45, 7) is 5.68. The number of carbonyl (C=O) groups is 1. The Kier molecular flexibility index (Phi) is 3.49. The second-order valence-corrected chi connectivity index (χ2v) is 3.32. The van der Waals surface area contributed by atoms with Crippen molar-refractivity contribution in [2.75, 3.05) is 0 Å².